The Balaban J connectivity index is 2.53. The van der Waals surface area contributed by atoms with Gasteiger partial charge in [-0.2, -0.15) is 0 Å². The first-order chi connectivity index (χ1) is 7.59. The number of halogens is 2. The summed E-state index contributed by atoms with van der Waals surface area (Å²) in [6.07, 6.45) is 2.13. The molecule has 16 heavy (non-hydrogen) atoms. The summed E-state index contributed by atoms with van der Waals surface area (Å²) in [4.78, 5) is 14.6. The van der Waals surface area contributed by atoms with Gasteiger partial charge in [-0.05, 0) is 12.0 Å². The minimum absolute atomic E-state index is 0.101. The van der Waals surface area contributed by atoms with Crippen molar-refractivity contribution in [1.82, 2.24) is 4.98 Å². The molecule has 0 amide bonds. The molecule has 2 nitrogen and oxygen atoms in total. The van der Waals surface area contributed by atoms with Gasteiger partial charge in [0.05, 0.1) is 10.0 Å². The lowest BCUT2D eigenvalue weighted by Crippen LogP contribution is -1.86. The molecule has 0 fully saturated rings. The van der Waals surface area contributed by atoms with Crippen LogP contribution in [0.25, 0.3) is 0 Å². The van der Waals surface area contributed by atoms with E-state index >= 15 is 0 Å². The predicted octanol–water partition coefficient (Wildman–Crippen LogP) is 3.41. The second-order valence-electron chi connectivity index (χ2n) is 2.88. The second-order valence-corrected chi connectivity index (χ2v) is 4.99. The Hall–Kier alpha value is -0.690. The predicted molar refractivity (Wildman–Crippen MR) is 68.9 cm³/mol. The summed E-state index contributed by atoms with van der Waals surface area (Å²) < 4.78 is 0. The largest absolute Gasteiger partial charge is 0.288 e. The molecule has 84 valence electrons. The van der Waals surface area contributed by atoms with Gasteiger partial charge in [0.2, 0.25) is 0 Å². The minimum Gasteiger partial charge on any atom is -0.288 e. The van der Waals surface area contributed by atoms with Crippen LogP contribution in [0.15, 0.2) is 12.3 Å². The van der Waals surface area contributed by atoms with E-state index in [9.17, 15) is 4.79 Å². The van der Waals surface area contributed by atoms with Crippen LogP contribution in [-0.4, -0.2) is 15.9 Å². The number of pyridine rings is 1. The quantitative estimate of drug-likeness (QED) is 0.611. The summed E-state index contributed by atoms with van der Waals surface area (Å²) in [6, 6.07) is 1.60. The first-order valence-corrected chi connectivity index (χ1v) is 6.27. The average molecular weight is 274 g/mol. The first kappa shape index (κ1) is 13.4. The number of carbonyl (C=O) groups is 1. The van der Waals surface area contributed by atoms with Gasteiger partial charge in [-0.1, -0.05) is 40.9 Å². The van der Waals surface area contributed by atoms with Crippen LogP contribution in [-0.2, 0) is 4.79 Å². The summed E-state index contributed by atoms with van der Waals surface area (Å²) in [7, 11) is 0. The number of aromatic nitrogens is 1. The van der Waals surface area contributed by atoms with Gasteiger partial charge in [0.1, 0.15) is 5.69 Å². The molecule has 0 aliphatic rings. The van der Waals surface area contributed by atoms with E-state index in [0.717, 1.165) is 0 Å². The molecule has 0 saturated heterocycles. The number of carbonyl (C=O) groups excluding carboxylic acids is 1. The standard InChI is InChI=1S/C11H9Cl2NOS/c1-8(15)16-5-3-2-4-11-10(13)6-9(12)7-14-11/h6-7H,3,5H2,1H3. The van der Waals surface area contributed by atoms with Gasteiger partial charge in [0.25, 0.3) is 0 Å². The molecule has 0 bridgehead atoms. The molecule has 0 atom stereocenters. The number of rotatable bonds is 2. The molecular formula is C11H9Cl2NOS. The van der Waals surface area contributed by atoms with Crippen molar-refractivity contribution < 1.29 is 4.79 Å². The number of nitrogens with zero attached hydrogens (tertiary/aromatic N) is 1. The smallest absolute Gasteiger partial charge is 0.185 e. The third kappa shape index (κ3) is 4.89. The van der Waals surface area contributed by atoms with E-state index in [4.69, 9.17) is 23.2 Å². The molecule has 1 aromatic heterocycles. The molecule has 0 radical (unpaired) electrons. The summed E-state index contributed by atoms with van der Waals surface area (Å²) in [5.74, 6) is 6.43. The first-order valence-electron chi connectivity index (χ1n) is 4.53. The van der Waals surface area contributed by atoms with Crippen LogP contribution < -0.4 is 0 Å². The molecule has 1 aromatic rings. The number of hydrogen-bond acceptors (Lipinski definition) is 3. The van der Waals surface area contributed by atoms with Crippen molar-refractivity contribution in [2.24, 2.45) is 0 Å². The zero-order valence-corrected chi connectivity index (χ0v) is 10.9. The normalized spacial score (nSPS) is 9.44. The van der Waals surface area contributed by atoms with Gasteiger partial charge in [-0.25, -0.2) is 4.98 Å². The second kappa shape index (κ2) is 6.80. The lowest BCUT2D eigenvalue weighted by molar-refractivity contribution is -0.109. The van der Waals surface area contributed by atoms with Crippen LogP contribution in [0.5, 0.6) is 0 Å². The summed E-state index contributed by atoms with van der Waals surface area (Å²) in [6.45, 7) is 1.54. The van der Waals surface area contributed by atoms with Crippen molar-refractivity contribution >= 4 is 40.1 Å². The zero-order valence-electron chi connectivity index (χ0n) is 8.59. The maximum atomic E-state index is 10.6. The van der Waals surface area contributed by atoms with E-state index in [-0.39, 0.29) is 5.12 Å². The molecule has 0 aromatic carbocycles. The zero-order chi connectivity index (χ0) is 12.0. The molecule has 1 rings (SSSR count). The maximum absolute atomic E-state index is 10.6. The van der Waals surface area contributed by atoms with Gasteiger partial charge in [-0.3, -0.25) is 4.79 Å². The van der Waals surface area contributed by atoms with Crippen molar-refractivity contribution in [3.63, 3.8) is 0 Å². The van der Waals surface area contributed by atoms with Crippen LogP contribution >= 0.6 is 35.0 Å². The van der Waals surface area contributed by atoms with Crippen LogP contribution in [0, 0.1) is 11.8 Å². The van der Waals surface area contributed by atoms with Crippen molar-refractivity contribution in [2.45, 2.75) is 13.3 Å². The van der Waals surface area contributed by atoms with Crippen LogP contribution in [0.1, 0.15) is 19.0 Å². The third-order valence-electron chi connectivity index (χ3n) is 1.55. The Kier molecular flexibility index (Phi) is 5.68. The van der Waals surface area contributed by atoms with E-state index in [1.165, 1.54) is 24.9 Å². The number of hydrogen-bond donors (Lipinski definition) is 0. The molecule has 0 unspecified atom stereocenters. The summed E-state index contributed by atoms with van der Waals surface area (Å²) in [5.41, 5.74) is 0.513. The van der Waals surface area contributed by atoms with Gasteiger partial charge in [-0.15, -0.1) is 0 Å². The Morgan fingerprint density at radius 2 is 2.31 bits per heavy atom. The van der Waals surface area contributed by atoms with E-state index in [2.05, 4.69) is 16.8 Å². The van der Waals surface area contributed by atoms with Gasteiger partial charge in [0.15, 0.2) is 5.12 Å². The maximum Gasteiger partial charge on any atom is 0.185 e. The molecule has 5 heteroatoms. The van der Waals surface area contributed by atoms with Gasteiger partial charge >= 0.3 is 0 Å². The molecule has 0 aliphatic heterocycles. The Bertz CT molecular complexity index is 451. The summed E-state index contributed by atoms with van der Waals surface area (Å²) >= 11 is 12.8. The van der Waals surface area contributed by atoms with Crippen molar-refractivity contribution in [3.05, 3.63) is 28.0 Å². The molecule has 0 N–H and O–H groups in total. The van der Waals surface area contributed by atoms with E-state index in [1.54, 1.807) is 6.07 Å². The summed E-state index contributed by atoms with van der Waals surface area (Å²) in [5, 5.41) is 1.03. The van der Waals surface area contributed by atoms with Crippen LogP contribution in [0.3, 0.4) is 0 Å². The highest BCUT2D eigenvalue weighted by Gasteiger charge is 1.98. The molecule has 0 saturated carbocycles. The monoisotopic (exact) mass is 273 g/mol. The third-order valence-corrected chi connectivity index (χ3v) is 2.86. The lowest BCUT2D eigenvalue weighted by atomic mass is 10.3. The highest BCUT2D eigenvalue weighted by Crippen LogP contribution is 2.17. The number of thioether (sulfide) groups is 1. The molecule has 0 aliphatic carbocycles. The Morgan fingerprint density at radius 3 is 2.94 bits per heavy atom. The molecular weight excluding hydrogens is 265 g/mol. The Labute approximate surface area is 109 Å². The van der Waals surface area contributed by atoms with Crippen LogP contribution in [0.2, 0.25) is 10.0 Å². The SMILES string of the molecule is CC(=O)SCCC#Cc1ncc(Cl)cc1Cl. The van der Waals surface area contributed by atoms with Gasteiger partial charge in [0, 0.05) is 25.3 Å². The average Bonchev–Trinajstić information content (AvgIpc) is 2.20. The van der Waals surface area contributed by atoms with Crippen molar-refractivity contribution in [2.75, 3.05) is 5.75 Å². The van der Waals surface area contributed by atoms with E-state index in [1.807, 2.05) is 0 Å². The minimum atomic E-state index is 0.101. The highest BCUT2D eigenvalue weighted by atomic mass is 35.5. The van der Waals surface area contributed by atoms with Crippen molar-refractivity contribution in [3.8, 4) is 11.8 Å². The fraction of sp³-hybridized carbons (Fsp3) is 0.273. The molecule has 0 spiro atoms. The molecule has 1 heterocycles. The van der Waals surface area contributed by atoms with E-state index in [0.29, 0.717) is 27.9 Å². The fourth-order valence-electron chi connectivity index (χ4n) is 0.899. The van der Waals surface area contributed by atoms with Crippen molar-refractivity contribution in [1.29, 1.82) is 0 Å². The Morgan fingerprint density at radius 1 is 1.56 bits per heavy atom. The van der Waals surface area contributed by atoms with E-state index < -0.39 is 0 Å². The topological polar surface area (TPSA) is 30.0 Å². The highest BCUT2D eigenvalue weighted by molar-refractivity contribution is 8.13. The van der Waals surface area contributed by atoms with Crippen LogP contribution in [0.4, 0.5) is 0 Å². The van der Waals surface area contributed by atoms with Gasteiger partial charge < -0.3 is 0 Å². The lowest BCUT2D eigenvalue weighted by Gasteiger charge is -1.94. The fourth-order valence-corrected chi connectivity index (χ4v) is 1.82.